The van der Waals surface area contributed by atoms with Crippen molar-refractivity contribution in [1.82, 2.24) is 9.97 Å². The SMILES string of the molecule is CCC(C)(C)c1csc(C(=O)c2c[nH]c3cc(F)ccc23)n1. The molecule has 0 aliphatic heterocycles. The summed E-state index contributed by atoms with van der Waals surface area (Å²) in [6.45, 7) is 6.34. The first-order valence-electron chi connectivity index (χ1n) is 7.19. The average molecular weight is 316 g/mol. The lowest BCUT2D eigenvalue weighted by Crippen LogP contribution is -2.16. The number of nitrogens with zero attached hydrogens (tertiary/aromatic N) is 1. The number of ketones is 1. The van der Waals surface area contributed by atoms with Crippen LogP contribution >= 0.6 is 11.3 Å². The Kier molecular flexibility index (Phi) is 3.60. The van der Waals surface area contributed by atoms with E-state index < -0.39 is 0 Å². The molecule has 0 unspecified atom stereocenters. The zero-order chi connectivity index (χ0) is 15.9. The minimum absolute atomic E-state index is 0.0433. The third-order valence-electron chi connectivity index (χ3n) is 4.16. The first-order valence-corrected chi connectivity index (χ1v) is 8.07. The van der Waals surface area contributed by atoms with Crippen molar-refractivity contribution in [1.29, 1.82) is 0 Å². The Morgan fingerprint density at radius 3 is 2.91 bits per heavy atom. The van der Waals surface area contributed by atoms with Gasteiger partial charge in [-0.25, -0.2) is 9.37 Å². The molecular weight excluding hydrogens is 299 g/mol. The van der Waals surface area contributed by atoms with Crippen molar-refractivity contribution in [3.8, 4) is 0 Å². The topological polar surface area (TPSA) is 45.8 Å². The second-order valence-electron chi connectivity index (χ2n) is 6.00. The lowest BCUT2D eigenvalue weighted by Gasteiger charge is -2.19. The summed E-state index contributed by atoms with van der Waals surface area (Å²) in [7, 11) is 0. The molecule has 1 aromatic carbocycles. The van der Waals surface area contributed by atoms with Gasteiger partial charge in [-0.1, -0.05) is 20.8 Å². The second-order valence-corrected chi connectivity index (χ2v) is 6.85. The fourth-order valence-corrected chi connectivity index (χ4v) is 3.23. The molecule has 0 spiro atoms. The van der Waals surface area contributed by atoms with Gasteiger partial charge in [0, 0.05) is 27.9 Å². The van der Waals surface area contributed by atoms with Crippen LogP contribution in [0.3, 0.4) is 0 Å². The van der Waals surface area contributed by atoms with E-state index in [1.165, 1.54) is 23.5 Å². The highest BCUT2D eigenvalue weighted by molar-refractivity contribution is 7.12. The third kappa shape index (κ3) is 2.46. The number of aromatic amines is 1. The average Bonchev–Trinajstić information content (AvgIpc) is 3.13. The Morgan fingerprint density at radius 1 is 1.41 bits per heavy atom. The number of carbonyl (C=O) groups is 1. The van der Waals surface area contributed by atoms with Gasteiger partial charge in [0.25, 0.3) is 0 Å². The Bertz CT molecular complexity index is 847. The molecule has 2 heterocycles. The molecule has 22 heavy (non-hydrogen) atoms. The minimum Gasteiger partial charge on any atom is -0.360 e. The monoisotopic (exact) mass is 316 g/mol. The summed E-state index contributed by atoms with van der Waals surface area (Å²) in [4.78, 5) is 20.1. The molecule has 0 aliphatic carbocycles. The van der Waals surface area contributed by atoms with Crippen molar-refractivity contribution < 1.29 is 9.18 Å². The van der Waals surface area contributed by atoms with E-state index in [1.807, 2.05) is 5.38 Å². The van der Waals surface area contributed by atoms with Crippen LogP contribution in [0.1, 0.15) is 48.3 Å². The van der Waals surface area contributed by atoms with Crippen molar-refractivity contribution in [2.75, 3.05) is 0 Å². The number of aromatic nitrogens is 2. The van der Waals surface area contributed by atoms with Crippen LogP contribution in [0.2, 0.25) is 0 Å². The maximum Gasteiger partial charge on any atom is 0.223 e. The summed E-state index contributed by atoms with van der Waals surface area (Å²) in [5.41, 5.74) is 2.05. The van der Waals surface area contributed by atoms with E-state index in [0.29, 0.717) is 16.1 Å². The van der Waals surface area contributed by atoms with Crippen molar-refractivity contribution in [2.45, 2.75) is 32.6 Å². The van der Waals surface area contributed by atoms with E-state index in [2.05, 4.69) is 30.7 Å². The normalized spacial score (nSPS) is 12.0. The summed E-state index contributed by atoms with van der Waals surface area (Å²) < 4.78 is 13.2. The van der Waals surface area contributed by atoms with Crippen LogP contribution in [0.5, 0.6) is 0 Å². The van der Waals surface area contributed by atoms with Gasteiger partial charge in [0.1, 0.15) is 5.82 Å². The van der Waals surface area contributed by atoms with Crippen molar-refractivity contribution in [3.63, 3.8) is 0 Å². The first-order chi connectivity index (χ1) is 10.4. The highest BCUT2D eigenvalue weighted by Gasteiger charge is 2.24. The number of nitrogens with one attached hydrogen (secondary N) is 1. The highest BCUT2D eigenvalue weighted by Crippen LogP contribution is 2.29. The van der Waals surface area contributed by atoms with Gasteiger partial charge in [-0.15, -0.1) is 11.3 Å². The molecule has 3 aromatic rings. The maximum absolute atomic E-state index is 13.2. The van der Waals surface area contributed by atoms with Crippen molar-refractivity contribution in [2.24, 2.45) is 0 Å². The van der Waals surface area contributed by atoms with Gasteiger partial charge < -0.3 is 4.98 Å². The fourth-order valence-electron chi connectivity index (χ4n) is 2.27. The molecular formula is C17H17FN2OS. The molecule has 0 bridgehead atoms. The zero-order valence-electron chi connectivity index (χ0n) is 12.7. The molecule has 3 rings (SSSR count). The Balaban J connectivity index is 2.00. The third-order valence-corrected chi connectivity index (χ3v) is 5.01. The van der Waals surface area contributed by atoms with Crippen LogP contribution in [0.4, 0.5) is 4.39 Å². The van der Waals surface area contributed by atoms with Crippen LogP contribution in [0.15, 0.2) is 29.8 Å². The van der Waals surface area contributed by atoms with Gasteiger partial charge in [0.15, 0.2) is 5.01 Å². The molecule has 0 atom stereocenters. The second kappa shape index (κ2) is 5.32. The number of hydrogen-bond donors (Lipinski definition) is 1. The molecule has 3 nitrogen and oxygen atoms in total. The highest BCUT2D eigenvalue weighted by atomic mass is 32.1. The molecule has 0 saturated carbocycles. The quantitative estimate of drug-likeness (QED) is 0.710. The van der Waals surface area contributed by atoms with Gasteiger partial charge in [0.2, 0.25) is 5.78 Å². The largest absolute Gasteiger partial charge is 0.360 e. The van der Waals surface area contributed by atoms with Gasteiger partial charge in [-0.3, -0.25) is 4.79 Å². The summed E-state index contributed by atoms with van der Waals surface area (Å²) >= 11 is 1.36. The molecule has 0 amide bonds. The Labute approximate surface area is 132 Å². The number of fused-ring (bicyclic) bond motifs is 1. The lowest BCUT2D eigenvalue weighted by molar-refractivity contribution is 0.103. The van der Waals surface area contributed by atoms with Crippen LogP contribution in [0, 0.1) is 5.82 Å². The number of carbonyl (C=O) groups excluding carboxylic acids is 1. The van der Waals surface area contributed by atoms with Gasteiger partial charge in [-0.2, -0.15) is 0 Å². The predicted octanol–water partition coefficient (Wildman–Crippen LogP) is 4.68. The number of halogens is 1. The van der Waals surface area contributed by atoms with Crippen molar-refractivity contribution in [3.05, 3.63) is 51.9 Å². The Morgan fingerprint density at radius 2 is 2.18 bits per heavy atom. The van der Waals surface area contributed by atoms with E-state index >= 15 is 0 Å². The lowest BCUT2D eigenvalue weighted by atomic mass is 9.87. The van der Waals surface area contributed by atoms with Gasteiger partial charge in [0.05, 0.1) is 11.3 Å². The predicted molar refractivity (Wildman–Crippen MR) is 87.1 cm³/mol. The number of rotatable bonds is 4. The van der Waals surface area contributed by atoms with E-state index in [0.717, 1.165) is 17.5 Å². The zero-order valence-corrected chi connectivity index (χ0v) is 13.6. The van der Waals surface area contributed by atoms with E-state index in [1.54, 1.807) is 12.3 Å². The standard InChI is InChI=1S/C17H17FN2OS/c1-4-17(2,3)14-9-22-16(20-14)15(21)12-8-19-13-7-10(18)5-6-11(12)13/h5-9,19H,4H2,1-3H3. The number of hydrogen-bond acceptors (Lipinski definition) is 3. The van der Waals surface area contributed by atoms with Gasteiger partial charge >= 0.3 is 0 Å². The molecule has 0 radical (unpaired) electrons. The minimum atomic E-state index is -0.324. The number of thiazole rings is 1. The molecule has 0 fully saturated rings. The van der Waals surface area contributed by atoms with E-state index in [-0.39, 0.29) is 17.0 Å². The Hall–Kier alpha value is -2.01. The smallest absolute Gasteiger partial charge is 0.223 e. The first kappa shape index (κ1) is 14.9. The number of H-pyrrole nitrogens is 1. The molecule has 0 saturated heterocycles. The fraction of sp³-hybridized carbons (Fsp3) is 0.294. The van der Waals surface area contributed by atoms with Gasteiger partial charge in [-0.05, 0) is 24.6 Å². The number of benzene rings is 1. The molecule has 1 N–H and O–H groups in total. The molecule has 2 aromatic heterocycles. The summed E-state index contributed by atoms with van der Waals surface area (Å²) in [5, 5.41) is 3.14. The van der Waals surface area contributed by atoms with Crippen LogP contribution < -0.4 is 0 Å². The van der Waals surface area contributed by atoms with E-state index in [9.17, 15) is 9.18 Å². The van der Waals surface area contributed by atoms with Crippen LogP contribution in [0.25, 0.3) is 10.9 Å². The van der Waals surface area contributed by atoms with E-state index in [4.69, 9.17) is 0 Å². The molecule has 114 valence electrons. The summed E-state index contributed by atoms with van der Waals surface area (Å²) in [6, 6.07) is 4.37. The van der Waals surface area contributed by atoms with Crippen LogP contribution in [-0.4, -0.2) is 15.8 Å². The molecule has 5 heteroatoms. The summed E-state index contributed by atoms with van der Waals surface area (Å²) in [5.74, 6) is -0.449. The van der Waals surface area contributed by atoms with Crippen molar-refractivity contribution >= 4 is 28.0 Å². The molecule has 0 aliphatic rings. The summed E-state index contributed by atoms with van der Waals surface area (Å²) in [6.07, 6.45) is 2.58. The van der Waals surface area contributed by atoms with Crippen LogP contribution in [-0.2, 0) is 5.41 Å². The maximum atomic E-state index is 13.2.